The Morgan fingerprint density at radius 2 is 1.86 bits per heavy atom. The molecule has 1 atom stereocenters. The van der Waals surface area contributed by atoms with Crippen molar-refractivity contribution in [3.05, 3.63) is 11.4 Å². The molecular weight excluding hydrogens is 294 g/mol. The maximum absolute atomic E-state index is 13.2. The molecule has 0 aromatic carbocycles. The first-order valence-corrected chi connectivity index (χ1v) is 8.51. The predicted octanol–water partition coefficient (Wildman–Crippen LogP) is 0.217. The molecule has 0 saturated carbocycles. The van der Waals surface area contributed by atoms with Crippen LogP contribution in [0.1, 0.15) is 17.8 Å². The standard InChI is InChI=1S/C13H21N3O4S/c1-10-12(11(2)15(3)14-10)21(17,18)16-5-7-20-9-13(16)4-6-19-8-13/h4-9H2,1-3H3/t13-/m1/s1. The van der Waals surface area contributed by atoms with Crippen LogP contribution in [0.25, 0.3) is 0 Å². The van der Waals surface area contributed by atoms with Crippen molar-refractivity contribution in [3.8, 4) is 0 Å². The topological polar surface area (TPSA) is 73.7 Å². The third-order valence-electron chi connectivity index (χ3n) is 4.41. The largest absolute Gasteiger partial charge is 0.379 e. The quantitative estimate of drug-likeness (QED) is 0.780. The summed E-state index contributed by atoms with van der Waals surface area (Å²) in [7, 11) is -1.85. The van der Waals surface area contributed by atoms with E-state index in [1.165, 1.54) is 0 Å². The monoisotopic (exact) mass is 315 g/mol. The number of aromatic nitrogens is 2. The Morgan fingerprint density at radius 1 is 1.19 bits per heavy atom. The van der Waals surface area contributed by atoms with E-state index in [0.717, 1.165) is 0 Å². The van der Waals surface area contributed by atoms with Gasteiger partial charge in [-0.05, 0) is 20.3 Å². The number of aryl methyl sites for hydroxylation is 2. The third-order valence-corrected chi connectivity index (χ3v) is 6.67. The molecule has 2 saturated heterocycles. The molecule has 21 heavy (non-hydrogen) atoms. The first kappa shape index (κ1) is 15.0. The fourth-order valence-corrected chi connectivity index (χ4v) is 5.40. The zero-order valence-electron chi connectivity index (χ0n) is 12.6. The summed E-state index contributed by atoms with van der Waals surface area (Å²) < 4.78 is 40.5. The minimum atomic E-state index is -3.60. The van der Waals surface area contributed by atoms with E-state index >= 15 is 0 Å². The summed E-state index contributed by atoms with van der Waals surface area (Å²) in [5.41, 5.74) is 0.634. The number of hydrogen-bond acceptors (Lipinski definition) is 5. The van der Waals surface area contributed by atoms with Gasteiger partial charge in [-0.3, -0.25) is 4.68 Å². The number of morpholine rings is 1. The minimum Gasteiger partial charge on any atom is -0.379 e. The lowest BCUT2D eigenvalue weighted by atomic mass is 9.99. The zero-order valence-corrected chi connectivity index (χ0v) is 13.4. The first-order valence-electron chi connectivity index (χ1n) is 7.07. The van der Waals surface area contributed by atoms with E-state index in [-0.39, 0.29) is 0 Å². The number of rotatable bonds is 2. The van der Waals surface area contributed by atoms with Crippen molar-refractivity contribution < 1.29 is 17.9 Å². The predicted molar refractivity (Wildman–Crippen MR) is 75.6 cm³/mol. The van der Waals surface area contributed by atoms with Crippen LogP contribution < -0.4 is 0 Å². The second-order valence-electron chi connectivity index (χ2n) is 5.78. The van der Waals surface area contributed by atoms with Crippen LogP contribution in [0.3, 0.4) is 0 Å². The van der Waals surface area contributed by atoms with Gasteiger partial charge in [0.1, 0.15) is 4.90 Å². The van der Waals surface area contributed by atoms with Gasteiger partial charge in [-0.1, -0.05) is 0 Å². The molecule has 0 aliphatic carbocycles. The van der Waals surface area contributed by atoms with Crippen molar-refractivity contribution in [2.75, 3.05) is 33.0 Å². The molecule has 0 amide bonds. The van der Waals surface area contributed by atoms with Gasteiger partial charge >= 0.3 is 0 Å². The highest BCUT2D eigenvalue weighted by Crippen LogP contribution is 2.35. The zero-order chi connectivity index (χ0) is 15.3. The third kappa shape index (κ3) is 2.21. The molecule has 2 aliphatic heterocycles. The van der Waals surface area contributed by atoms with E-state index in [1.54, 1.807) is 29.9 Å². The van der Waals surface area contributed by atoms with Gasteiger partial charge in [0.15, 0.2) is 0 Å². The lowest BCUT2D eigenvalue weighted by Crippen LogP contribution is -2.59. The van der Waals surface area contributed by atoms with Gasteiger partial charge in [-0.15, -0.1) is 0 Å². The van der Waals surface area contributed by atoms with Crippen LogP contribution >= 0.6 is 0 Å². The van der Waals surface area contributed by atoms with Crippen LogP contribution in [-0.4, -0.2) is 61.0 Å². The highest BCUT2D eigenvalue weighted by Gasteiger charge is 2.50. The average Bonchev–Trinajstić information content (AvgIpc) is 2.96. The van der Waals surface area contributed by atoms with Crippen molar-refractivity contribution in [3.63, 3.8) is 0 Å². The maximum Gasteiger partial charge on any atom is 0.247 e. The average molecular weight is 315 g/mol. The van der Waals surface area contributed by atoms with Gasteiger partial charge in [0.2, 0.25) is 10.0 Å². The van der Waals surface area contributed by atoms with Gasteiger partial charge in [0, 0.05) is 20.2 Å². The second kappa shape index (κ2) is 5.05. The molecule has 0 unspecified atom stereocenters. The van der Waals surface area contributed by atoms with Crippen LogP contribution in [0.15, 0.2) is 4.90 Å². The van der Waals surface area contributed by atoms with E-state index in [1.807, 2.05) is 0 Å². The molecule has 1 aromatic rings. The van der Waals surface area contributed by atoms with Crippen molar-refractivity contribution in [2.24, 2.45) is 7.05 Å². The molecular formula is C13H21N3O4S. The summed E-state index contributed by atoms with van der Waals surface area (Å²) in [6.45, 7) is 5.65. The van der Waals surface area contributed by atoms with Gasteiger partial charge in [-0.2, -0.15) is 9.40 Å². The molecule has 118 valence electrons. The van der Waals surface area contributed by atoms with E-state index < -0.39 is 15.6 Å². The van der Waals surface area contributed by atoms with Crippen molar-refractivity contribution in [1.29, 1.82) is 0 Å². The van der Waals surface area contributed by atoms with Gasteiger partial charge in [-0.25, -0.2) is 8.42 Å². The van der Waals surface area contributed by atoms with Gasteiger partial charge in [0.25, 0.3) is 0 Å². The SMILES string of the molecule is Cc1nn(C)c(C)c1S(=O)(=O)N1CCOC[C@]12CCOC2. The fraction of sp³-hybridized carbons (Fsp3) is 0.769. The molecule has 3 rings (SSSR count). The Labute approximate surface area is 124 Å². The minimum absolute atomic E-state index is 0.318. The van der Waals surface area contributed by atoms with Crippen LogP contribution in [0.4, 0.5) is 0 Å². The summed E-state index contributed by atoms with van der Waals surface area (Å²) in [4.78, 5) is 0.318. The Kier molecular flexibility index (Phi) is 3.59. The molecule has 2 aliphatic rings. The number of ether oxygens (including phenoxy) is 2. The highest BCUT2D eigenvalue weighted by atomic mass is 32.2. The number of nitrogens with zero attached hydrogens (tertiary/aromatic N) is 3. The fourth-order valence-electron chi connectivity index (χ4n) is 3.24. The van der Waals surface area contributed by atoms with E-state index in [4.69, 9.17) is 9.47 Å². The van der Waals surface area contributed by atoms with Crippen LogP contribution in [0.2, 0.25) is 0 Å². The summed E-state index contributed by atoms with van der Waals surface area (Å²) in [5, 5.41) is 4.24. The van der Waals surface area contributed by atoms with Crippen LogP contribution in [-0.2, 0) is 26.5 Å². The number of hydrogen-bond donors (Lipinski definition) is 0. The van der Waals surface area contributed by atoms with Crippen molar-refractivity contribution in [1.82, 2.24) is 14.1 Å². The number of sulfonamides is 1. The molecule has 1 aromatic heterocycles. The highest BCUT2D eigenvalue weighted by molar-refractivity contribution is 7.89. The molecule has 0 bridgehead atoms. The molecule has 3 heterocycles. The Hall–Kier alpha value is -0.960. The van der Waals surface area contributed by atoms with E-state index in [2.05, 4.69) is 5.10 Å². The first-order chi connectivity index (χ1) is 9.88. The van der Waals surface area contributed by atoms with Gasteiger partial charge in [0.05, 0.1) is 36.7 Å². The normalized spacial score (nSPS) is 27.6. The lowest BCUT2D eigenvalue weighted by molar-refractivity contribution is -0.0293. The summed E-state index contributed by atoms with van der Waals surface area (Å²) >= 11 is 0. The summed E-state index contributed by atoms with van der Waals surface area (Å²) in [5.74, 6) is 0. The van der Waals surface area contributed by atoms with Crippen LogP contribution in [0, 0.1) is 13.8 Å². The lowest BCUT2D eigenvalue weighted by Gasteiger charge is -2.42. The smallest absolute Gasteiger partial charge is 0.247 e. The molecule has 1 spiro atoms. The van der Waals surface area contributed by atoms with Crippen molar-refractivity contribution in [2.45, 2.75) is 30.7 Å². The molecule has 8 heteroatoms. The molecule has 7 nitrogen and oxygen atoms in total. The summed E-state index contributed by atoms with van der Waals surface area (Å²) in [6, 6.07) is 0. The van der Waals surface area contributed by atoms with Gasteiger partial charge < -0.3 is 9.47 Å². The second-order valence-corrected chi connectivity index (χ2v) is 7.58. The Bertz CT molecular complexity index is 647. The van der Waals surface area contributed by atoms with Crippen molar-refractivity contribution >= 4 is 10.0 Å². The van der Waals surface area contributed by atoms with E-state index in [0.29, 0.717) is 55.7 Å². The molecule has 0 N–H and O–H groups in total. The molecule has 2 fully saturated rings. The Morgan fingerprint density at radius 3 is 2.38 bits per heavy atom. The van der Waals surface area contributed by atoms with E-state index in [9.17, 15) is 8.42 Å². The Balaban J connectivity index is 2.08. The van der Waals surface area contributed by atoms with Crippen LogP contribution in [0.5, 0.6) is 0 Å². The summed E-state index contributed by atoms with van der Waals surface area (Å²) in [6.07, 6.45) is 0.671. The maximum atomic E-state index is 13.2. The molecule has 0 radical (unpaired) electrons.